The molecule has 5 nitrogen and oxygen atoms in total. The van der Waals surface area contributed by atoms with E-state index in [2.05, 4.69) is 4.83 Å². The molecule has 1 heterocycles. The summed E-state index contributed by atoms with van der Waals surface area (Å²) in [6.45, 7) is 0.874. The Morgan fingerprint density at radius 2 is 2.00 bits per heavy atom. The Kier molecular flexibility index (Phi) is 3.25. The molecule has 0 spiro atoms. The lowest BCUT2D eigenvalue weighted by molar-refractivity contribution is 0.170. The second-order valence-corrected chi connectivity index (χ2v) is 5.46. The maximum absolute atomic E-state index is 11.9. The molecule has 2 rings (SSSR count). The number of nitrogens with one attached hydrogen (secondary N) is 1. The first-order chi connectivity index (χ1) is 7.58. The van der Waals surface area contributed by atoms with Crippen LogP contribution in [0.4, 0.5) is 0 Å². The molecule has 1 saturated heterocycles. The normalized spacial score (nSPS) is 22.4. The molecule has 0 aromatic heterocycles. The standard InChI is InChI=1S/C10H14N2O3S/c13-9-6-7-12(8-9)11-16(14,15)10-4-2-1-3-5-10/h1-5,9,11,13H,6-8H2. The lowest BCUT2D eigenvalue weighted by atomic mass is 10.3. The summed E-state index contributed by atoms with van der Waals surface area (Å²) in [4.78, 5) is 2.68. The number of nitrogens with zero attached hydrogens (tertiary/aromatic N) is 1. The summed E-state index contributed by atoms with van der Waals surface area (Å²) >= 11 is 0. The van der Waals surface area contributed by atoms with Gasteiger partial charge < -0.3 is 5.11 Å². The predicted molar refractivity (Wildman–Crippen MR) is 59.0 cm³/mol. The number of sulfonamides is 1. The Labute approximate surface area is 94.7 Å². The Morgan fingerprint density at radius 1 is 1.31 bits per heavy atom. The number of aliphatic hydroxyl groups is 1. The molecular weight excluding hydrogens is 228 g/mol. The van der Waals surface area contributed by atoms with E-state index in [1.807, 2.05) is 0 Å². The van der Waals surface area contributed by atoms with Gasteiger partial charge in [-0.2, -0.15) is 0 Å². The number of hydrogen-bond donors (Lipinski definition) is 2. The predicted octanol–water partition coefficient (Wildman–Crippen LogP) is -0.0535. The van der Waals surface area contributed by atoms with Crippen LogP contribution in [0.2, 0.25) is 0 Å². The van der Waals surface area contributed by atoms with E-state index >= 15 is 0 Å². The van der Waals surface area contributed by atoms with E-state index < -0.39 is 16.1 Å². The zero-order chi connectivity index (χ0) is 11.6. The molecule has 0 bridgehead atoms. The molecule has 16 heavy (non-hydrogen) atoms. The lowest BCUT2D eigenvalue weighted by Crippen LogP contribution is -2.40. The van der Waals surface area contributed by atoms with E-state index in [9.17, 15) is 13.5 Å². The smallest absolute Gasteiger partial charge is 0.253 e. The quantitative estimate of drug-likeness (QED) is 0.779. The van der Waals surface area contributed by atoms with Crippen LogP contribution in [0.5, 0.6) is 0 Å². The van der Waals surface area contributed by atoms with E-state index in [0.717, 1.165) is 0 Å². The first kappa shape index (κ1) is 11.5. The van der Waals surface area contributed by atoms with Gasteiger partial charge in [-0.05, 0) is 18.6 Å². The molecule has 6 heteroatoms. The van der Waals surface area contributed by atoms with Gasteiger partial charge in [-0.3, -0.25) is 0 Å². The van der Waals surface area contributed by atoms with Gasteiger partial charge >= 0.3 is 0 Å². The van der Waals surface area contributed by atoms with Gasteiger partial charge in [0.1, 0.15) is 0 Å². The van der Waals surface area contributed by atoms with Crippen LogP contribution in [0.1, 0.15) is 6.42 Å². The topological polar surface area (TPSA) is 69.6 Å². The molecule has 0 radical (unpaired) electrons. The van der Waals surface area contributed by atoms with Gasteiger partial charge in [-0.15, -0.1) is 4.83 Å². The number of hydrazine groups is 1. The number of rotatable bonds is 3. The molecule has 0 amide bonds. The second-order valence-electron chi connectivity index (χ2n) is 3.80. The minimum Gasteiger partial charge on any atom is -0.392 e. The molecule has 1 aliphatic rings. The molecule has 1 fully saturated rings. The van der Waals surface area contributed by atoms with Crippen molar-refractivity contribution in [2.75, 3.05) is 13.1 Å². The van der Waals surface area contributed by atoms with E-state index in [-0.39, 0.29) is 4.90 Å². The summed E-state index contributed by atoms with van der Waals surface area (Å²) in [7, 11) is -3.50. The van der Waals surface area contributed by atoms with E-state index in [1.54, 1.807) is 18.2 Å². The van der Waals surface area contributed by atoms with Crippen LogP contribution in [0.25, 0.3) is 0 Å². The van der Waals surface area contributed by atoms with Gasteiger partial charge in [-0.25, -0.2) is 13.4 Å². The molecule has 1 atom stereocenters. The largest absolute Gasteiger partial charge is 0.392 e. The highest BCUT2D eigenvalue weighted by molar-refractivity contribution is 7.89. The van der Waals surface area contributed by atoms with Gasteiger partial charge in [-0.1, -0.05) is 18.2 Å². The van der Waals surface area contributed by atoms with Crippen LogP contribution in [0.3, 0.4) is 0 Å². The molecule has 0 aliphatic carbocycles. The molecule has 2 N–H and O–H groups in total. The van der Waals surface area contributed by atoms with Crippen molar-refractivity contribution in [3.05, 3.63) is 30.3 Å². The third kappa shape index (κ3) is 2.59. The third-order valence-electron chi connectivity index (χ3n) is 2.47. The molecule has 88 valence electrons. The second kappa shape index (κ2) is 4.50. The van der Waals surface area contributed by atoms with E-state index in [4.69, 9.17) is 0 Å². The van der Waals surface area contributed by atoms with Crippen molar-refractivity contribution in [3.63, 3.8) is 0 Å². The zero-order valence-electron chi connectivity index (χ0n) is 8.70. The Morgan fingerprint density at radius 3 is 2.56 bits per heavy atom. The molecule has 1 aromatic carbocycles. The summed E-state index contributed by atoms with van der Waals surface area (Å²) in [6, 6.07) is 8.18. The van der Waals surface area contributed by atoms with Crippen LogP contribution >= 0.6 is 0 Å². The molecule has 0 saturated carbocycles. The third-order valence-corrected chi connectivity index (χ3v) is 3.86. The molecular formula is C10H14N2O3S. The van der Waals surface area contributed by atoms with E-state index in [0.29, 0.717) is 19.5 Å². The van der Waals surface area contributed by atoms with Crippen LogP contribution in [-0.2, 0) is 10.0 Å². The van der Waals surface area contributed by atoms with Crippen LogP contribution in [0.15, 0.2) is 35.2 Å². The molecule has 1 aromatic rings. The van der Waals surface area contributed by atoms with Gasteiger partial charge in [0.15, 0.2) is 0 Å². The van der Waals surface area contributed by atoms with Gasteiger partial charge in [0.2, 0.25) is 0 Å². The highest BCUT2D eigenvalue weighted by Crippen LogP contribution is 2.11. The van der Waals surface area contributed by atoms with Crippen molar-refractivity contribution in [1.29, 1.82) is 0 Å². The summed E-state index contributed by atoms with van der Waals surface area (Å²) in [5.74, 6) is 0. The van der Waals surface area contributed by atoms with Crippen molar-refractivity contribution in [3.8, 4) is 0 Å². The Bertz CT molecular complexity index is 446. The van der Waals surface area contributed by atoms with Crippen LogP contribution in [-0.4, -0.2) is 37.7 Å². The number of hydrogen-bond acceptors (Lipinski definition) is 4. The average molecular weight is 242 g/mol. The number of benzene rings is 1. The zero-order valence-corrected chi connectivity index (χ0v) is 9.52. The van der Waals surface area contributed by atoms with Gasteiger partial charge in [0.05, 0.1) is 11.0 Å². The summed E-state index contributed by atoms with van der Waals surface area (Å²) < 4.78 is 23.7. The van der Waals surface area contributed by atoms with E-state index in [1.165, 1.54) is 17.1 Å². The first-order valence-corrected chi connectivity index (χ1v) is 6.57. The minimum atomic E-state index is -3.50. The maximum Gasteiger partial charge on any atom is 0.253 e. The van der Waals surface area contributed by atoms with Crippen LogP contribution < -0.4 is 4.83 Å². The summed E-state index contributed by atoms with van der Waals surface area (Å²) in [5, 5.41) is 10.8. The van der Waals surface area contributed by atoms with Crippen molar-refractivity contribution in [2.45, 2.75) is 17.4 Å². The highest BCUT2D eigenvalue weighted by Gasteiger charge is 2.24. The van der Waals surface area contributed by atoms with Gasteiger partial charge in [0, 0.05) is 13.1 Å². The lowest BCUT2D eigenvalue weighted by Gasteiger charge is -2.16. The SMILES string of the molecule is O=S(=O)(NN1CCC(O)C1)c1ccccc1. The Hall–Kier alpha value is -0.950. The number of β-amino-alcohol motifs (C(OH)–C–C–N with tert-alkyl or cyclic N) is 1. The fraction of sp³-hybridized carbons (Fsp3) is 0.400. The van der Waals surface area contributed by atoms with Crippen molar-refractivity contribution in [2.24, 2.45) is 0 Å². The van der Waals surface area contributed by atoms with Crippen LogP contribution in [0, 0.1) is 0 Å². The average Bonchev–Trinajstić information content (AvgIpc) is 2.64. The fourth-order valence-corrected chi connectivity index (χ4v) is 2.77. The summed E-state index contributed by atoms with van der Waals surface area (Å²) in [5.41, 5.74) is 0. The van der Waals surface area contributed by atoms with Crippen molar-refractivity contribution >= 4 is 10.0 Å². The van der Waals surface area contributed by atoms with Crippen molar-refractivity contribution in [1.82, 2.24) is 9.84 Å². The molecule has 1 unspecified atom stereocenters. The fourth-order valence-electron chi connectivity index (χ4n) is 1.65. The summed E-state index contributed by atoms with van der Waals surface area (Å²) in [6.07, 6.45) is 0.149. The maximum atomic E-state index is 11.9. The first-order valence-electron chi connectivity index (χ1n) is 5.08. The van der Waals surface area contributed by atoms with Gasteiger partial charge in [0.25, 0.3) is 10.0 Å². The molecule has 1 aliphatic heterocycles. The Balaban J connectivity index is 2.09. The van der Waals surface area contributed by atoms with Crippen molar-refractivity contribution < 1.29 is 13.5 Å². The monoisotopic (exact) mass is 242 g/mol. The number of aliphatic hydroxyl groups excluding tert-OH is 1. The minimum absolute atomic E-state index is 0.233. The highest BCUT2D eigenvalue weighted by atomic mass is 32.2.